The summed E-state index contributed by atoms with van der Waals surface area (Å²) in [5.74, 6) is -3.69. The molecule has 0 saturated carbocycles. The largest absolute Gasteiger partial charge is 0.463 e. The Morgan fingerprint density at radius 1 is 0.907 bits per heavy atom. The van der Waals surface area contributed by atoms with E-state index in [1.165, 1.54) is 4.90 Å². The van der Waals surface area contributed by atoms with Crippen molar-refractivity contribution in [1.29, 1.82) is 0 Å². The Morgan fingerprint density at radius 2 is 1.61 bits per heavy atom. The van der Waals surface area contributed by atoms with Crippen molar-refractivity contribution in [3.8, 4) is 0 Å². The predicted octanol–water partition coefficient (Wildman–Crippen LogP) is 4.37. The molecular formula is C43H48N4O7. The van der Waals surface area contributed by atoms with Crippen molar-refractivity contribution in [3.05, 3.63) is 120 Å². The van der Waals surface area contributed by atoms with Crippen molar-refractivity contribution in [3.63, 3.8) is 0 Å². The highest BCUT2D eigenvalue weighted by molar-refractivity contribution is 6.06. The summed E-state index contributed by atoms with van der Waals surface area (Å²) in [7, 11) is 0. The second kappa shape index (κ2) is 16.0. The Bertz CT molecular complexity index is 1880. The lowest BCUT2D eigenvalue weighted by Gasteiger charge is -2.39. The zero-order chi connectivity index (χ0) is 37.8. The van der Waals surface area contributed by atoms with Crippen LogP contribution >= 0.6 is 0 Å². The lowest BCUT2D eigenvalue weighted by Crippen LogP contribution is -2.59. The van der Waals surface area contributed by atoms with E-state index in [0.717, 1.165) is 29.9 Å². The van der Waals surface area contributed by atoms with Gasteiger partial charge in [0.2, 0.25) is 11.8 Å². The van der Waals surface area contributed by atoms with Crippen LogP contribution in [0, 0.1) is 11.8 Å². The van der Waals surface area contributed by atoms with Gasteiger partial charge < -0.3 is 34.6 Å². The summed E-state index contributed by atoms with van der Waals surface area (Å²) in [5, 5.41) is 14.0. The van der Waals surface area contributed by atoms with Crippen molar-refractivity contribution >= 4 is 35.1 Å². The van der Waals surface area contributed by atoms with Crippen LogP contribution < -0.4 is 15.1 Å². The highest BCUT2D eigenvalue weighted by Crippen LogP contribution is 2.56. The number of benzene rings is 3. The Hall–Kier alpha value is -5.26. The highest BCUT2D eigenvalue weighted by atomic mass is 16.5. The minimum absolute atomic E-state index is 0.0930. The molecule has 0 unspecified atom stereocenters. The van der Waals surface area contributed by atoms with Gasteiger partial charge in [-0.1, -0.05) is 85.0 Å². The van der Waals surface area contributed by atoms with E-state index >= 15 is 4.79 Å². The highest BCUT2D eigenvalue weighted by Gasteiger charge is 2.74. The normalized spacial score (nSPS) is 28.1. The molecule has 54 heavy (non-hydrogen) atoms. The van der Waals surface area contributed by atoms with Crippen LogP contribution in [0.5, 0.6) is 0 Å². The van der Waals surface area contributed by atoms with Crippen LogP contribution in [-0.4, -0.2) is 90.3 Å². The van der Waals surface area contributed by atoms with Gasteiger partial charge in [-0.3, -0.25) is 19.2 Å². The van der Waals surface area contributed by atoms with Crippen LogP contribution in [-0.2, 0) is 35.1 Å². The fourth-order valence-electron chi connectivity index (χ4n) is 8.54. The Labute approximate surface area is 316 Å². The molecule has 11 heteroatoms. The monoisotopic (exact) mass is 732 g/mol. The van der Waals surface area contributed by atoms with E-state index in [1.807, 2.05) is 97.1 Å². The van der Waals surface area contributed by atoms with Crippen molar-refractivity contribution in [2.45, 2.75) is 62.9 Å². The van der Waals surface area contributed by atoms with Gasteiger partial charge in [0.25, 0.3) is 5.91 Å². The van der Waals surface area contributed by atoms with Gasteiger partial charge in [-0.05, 0) is 62.1 Å². The maximum atomic E-state index is 15.4. The smallest absolute Gasteiger partial charge is 0.306 e. The van der Waals surface area contributed by atoms with E-state index in [1.54, 1.807) is 17.1 Å². The molecule has 1 spiro atoms. The van der Waals surface area contributed by atoms with Crippen LogP contribution in [0.15, 0.2) is 109 Å². The summed E-state index contributed by atoms with van der Waals surface area (Å²) in [6.07, 6.45) is 7.27. The number of aliphatic hydroxyl groups excluding tert-OH is 1. The number of hydrogen-bond donors (Lipinski definition) is 2. The summed E-state index contributed by atoms with van der Waals surface area (Å²) < 4.78 is 12.4. The van der Waals surface area contributed by atoms with Crippen LogP contribution in [0.25, 0.3) is 0 Å². The van der Waals surface area contributed by atoms with E-state index in [2.05, 4.69) is 24.1 Å². The molecule has 3 aromatic rings. The molecule has 11 nitrogen and oxygen atoms in total. The maximum absolute atomic E-state index is 15.4. The minimum atomic E-state index is -1.46. The van der Waals surface area contributed by atoms with Crippen molar-refractivity contribution < 1.29 is 33.8 Å². The van der Waals surface area contributed by atoms with E-state index < -0.39 is 72.0 Å². The third kappa shape index (κ3) is 6.94. The van der Waals surface area contributed by atoms with E-state index in [-0.39, 0.29) is 19.6 Å². The zero-order valence-electron chi connectivity index (χ0n) is 30.8. The number of aliphatic hydroxyl groups is 1. The summed E-state index contributed by atoms with van der Waals surface area (Å²) >= 11 is 0. The van der Waals surface area contributed by atoms with Gasteiger partial charge in [-0.2, -0.15) is 0 Å². The lowest BCUT2D eigenvalue weighted by atomic mass is 9.74. The summed E-state index contributed by atoms with van der Waals surface area (Å²) in [4.78, 5) is 63.0. The van der Waals surface area contributed by atoms with Gasteiger partial charge >= 0.3 is 5.97 Å². The van der Waals surface area contributed by atoms with Gasteiger partial charge in [0.05, 0.1) is 36.6 Å². The third-order valence-electron chi connectivity index (χ3n) is 11.2. The van der Waals surface area contributed by atoms with Gasteiger partial charge in [0, 0.05) is 37.4 Å². The molecule has 0 aliphatic carbocycles. The lowest BCUT2D eigenvalue weighted by molar-refractivity contribution is -0.146. The summed E-state index contributed by atoms with van der Waals surface area (Å²) in [5.41, 5.74) is 1.80. The quantitative estimate of drug-likeness (QED) is 0.245. The molecule has 2 saturated heterocycles. The molecule has 0 radical (unpaired) electrons. The Balaban J connectivity index is 1.33. The molecule has 0 aromatic heterocycles. The minimum Gasteiger partial charge on any atom is -0.463 e. The fourth-order valence-corrected chi connectivity index (χ4v) is 8.54. The average Bonchev–Trinajstić information content (AvgIpc) is 3.85. The van der Waals surface area contributed by atoms with Gasteiger partial charge in [0.1, 0.15) is 18.2 Å². The number of ether oxygens (including phenoxy) is 2. The molecule has 282 valence electrons. The molecule has 4 heterocycles. The number of carbonyl (C=O) groups is 4. The molecule has 2 N–H and O–H groups in total. The number of nitrogens with zero attached hydrogens (tertiary/aromatic N) is 3. The fraction of sp³-hybridized carbons (Fsp3) is 0.395. The van der Waals surface area contributed by atoms with Crippen LogP contribution in [0.2, 0.25) is 0 Å². The Morgan fingerprint density at radius 3 is 2.30 bits per heavy atom. The van der Waals surface area contributed by atoms with Crippen LogP contribution in [0.3, 0.4) is 0 Å². The average molecular weight is 733 g/mol. The molecule has 2 fully saturated rings. The number of esters is 1. The van der Waals surface area contributed by atoms with Gasteiger partial charge in [0.15, 0.2) is 0 Å². The van der Waals surface area contributed by atoms with E-state index in [0.29, 0.717) is 18.5 Å². The Kier molecular flexibility index (Phi) is 11.0. The van der Waals surface area contributed by atoms with Crippen LogP contribution in [0.4, 0.5) is 11.4 Å². The first-order valence-corrected chi connectivity index (χ1v) is 19.0. The molecule has 3 amide bonds. The van der Waals surface area contributed by atoms with Gasteiger partial charge in [-0.15, -0.1) is 0 Å². The number of carbonyl (C=O) groups excluding carboxylic acids is 4. The molecule has 4 aliphatic heterocycles. The van der Waals surface area contributed by atoms with Crippen LogP contribution in [0.1, 0.15) is 43.9 Å². The maximum Gasteiger partial charge on any atom is 0.306 e. The first kappa shape index (κ1) is 37.1. The number of cyclic esters (lactones) is 1. The number of anilines is 2. The topological polar surface area (TPSA) is 129 Å². The number of hydrogen-bond acceptors (Lipinski definition) is 8. The van der Waals surface area contributed by atoms with Crippen molar-refractivity contribution in [2.24, 2.45) is 11.8 Å². The molecule has 5 bridgehead atoms. The summed E-state index contributed by atoms with van der Waals surface area (Å²) in [6.45, 7) is 5.46. The molecule has 7 rings (SSSR count). The molecule has 7 atom stereocenters. The first-order chi connectivity index (χ1) is 26.3. The van der Waals surface area contributed by atoms with Crippen molar-refractivity contribution in [2.75, 3.05) is 42.6 Å². The third-order valence-corrected chi connectivity index (χ3v) is 11.2. The van der Waals surface area contributed by atoms with E-state index in [4.69, 9.17) is 9.47 Å². The van der Waals surface area contributed by atoms with Crippen molar-refractivity contribution in [1.82, 2.24) is 10.2 Å². The second-order valence-electron chi connectivity index (χ2n) is 14.3. The standard InChI is InChI=1S/C43H48N4O7/c1-3-45(4-2)31-19-21-32(22-20-31)46-25-13-7-12-18-36(49)53-28-34(30-16-10-6-11-17-30)44-40(50)37-35-23-24-43(54-35)38(37)41(51)47(39(43)42(46)52)33(27-48)26-29-14-8-5-9-15-29/h5-11,13-17,19-24,33-35,37-39,48H,3-4,12,18,25-28H2,1-2H3,(H,44,50)/b13-7-/t33-,34-,35-,37+,38+,39-,43+/m1/s1. The summed E-state index contributed by atoms with van der Waals surface area (Å²) in [6, 6.07) is 23.9. The first-order valence-electron chi connectivity index (χ1n) is 19.0. The number of allylic oxidation sites excluding steroid dienone is 1. The van der Waals surface area contributed by atoms with E-state index in [9.17, 15) is 19.5 Å². The SMILES string of the molecule is CCN(CC)c1ccc(N2C/C=C\CCC(=O)OC[C@H](c3ccccc3)NC(=O)[C@@H]3[C@H]4C(=O)N([C@@H](CO)Cc5ccccc5)[C@H](C2=O)[C@]42C=C[C@H]3O2)cc1. The predicted molar refractivity (Wildman–Crippen MR) is 204 cm³/mol. The zero-order valence-corrected chi connectivity index (χ0v) is 30.8. The number of likely N-dealkylation sites (tertiary alicyclic amines) is 1. The molecular weight excluding hydrogens is 684 g/mol. The number of nitrogens with one attached hydrogen (secondary N) is 1. The molecule has 3 aromatic carbocycles. The van der Waals surface area contributed by atoms with Gasteiger partial charge in [-0.25, -0.2) is 0 Å². The molecule has 4 aliphatic rings. The number of rotatable bonds is 9. The number of fused-ring (bicyclic) bond motifs is 2. The second-order valence-corrected chi connectivity index (χ2v) is 14.3. The number of amides is 3.